The van der Waals surface area contributed by atoms with Crippen LogP contribution in [-0.2, 0) is 45.1 Å². The van der Waals surface area contributed by atoms with E-state index in [2.05, 4.69) is 10.3 Å². The van der Waals surface area contributed by atoms with Crippen LogP contribution in [0.4, 0.5) is 0 Å². The number of aryl methyl sites for hydroxylation is 1. The Morgan fingerprint density at radius 1 is 1.02 bits per heavy atom. The Balaban J connectivity index is 1.62. The third kappa shape index (κ3) is 8.64. The summed E-state index contributed by atoms with van der Waals surface area (Å²) in [5, 5.41) is 2.39. The quantitative estimate of drug-likeness (QED) is 0.190. The molecule has 3 aromatic rings. The predicted octanol–water partition coefficient (Wildman–Crippen LogP) is 3.18. The summed E-state index contributed by atoms with van der Waals surface area (Å²) in [6, 6.07) is 14.5. The number of hydrogen-bond acceptors (Lipinski definition) is 12. The van der Waals surface area contributed by atoms with Gasteiger partial charge < -0.3 is 28.4 Å². The van der Waals surface area contributed by atoms with Gasteiger partial charge in [0.1, 0.15) is 23.5 Å². The first-order valence-electron chi connectivity index (χ1n) is 14.8. The monoisotopic (exact) mass is 668 g/mol. The predicted molar refractivity (Wildman–Crippen MR) is 166 cm³/mol. The zero-order valence-electron chi connectivity index (χ0n) is 26.5. The van der Waals surface area contributed by atoms with E-state index in [1.165, 1.54) is 38.4 Å². The summed E-state index contributed by atoms with van der Waals surface area (Å²) in [5.41, 5.74) is 1.04. The van der Waals surface area contributed by atoms with Crippen molar-refractivity contribution in [1.29, 1.82) is 0 Å². The molecule has 250 valence electrons. The lowest BCUT2D eigenvalue weighted by atomic mass is 9.91. The fourth-order valence-electron chi connectivity index (χ4n) is 4.67. The number of benzene rings is 2. The summed E-state index contributed by atoms with van der Waals surface area (Å²) in [6.45, 7) is 5.86. The molecule has 2 aromatic carbocycles. The summed E-state index contributed by atoms with van der Waals surface area (Å²) in [6.07, 6.45) is -1.04. The van der Waals surface area contributed by atoms with Crippen molar-refractivity contribution in [2.45, 2.75) is 57.3 Å². The van der Waals surface area contributed by atoms with E-state index in [1.807, 2.05) is 6.07 Å². The van der Waals surface area contributed by atoms with Crippen LogP contribution in [-0.4, -0.2) is 69.2 Å². The number of amides is 1. The highest BCUT2D eigenvalue weighted by molar-refractivity contribution is 7.87. The first kappa shape index (κ1) is 34.9. The van der Waals surface area contributed by atoms with Gasteiger partial charge in [0, 0.05) is 12.3 Å². The molecule has 4 unspecified atom stereocenters. The molecule has 1 aliphatic heterocycles. The van der Waals surface area contributed by atoms with E-state index in [0.717, 1.165) is 11.1 Å². The second kappa shape index (κ2) is 15.1. The molecule has 4 rings (SSSR count). The third-order valence-electron chi connectivity index (χ3n) is 7.27. The lowest BCUT2D eigenvalue weighted by Gasteiger charge is -2.29. The molecule has 47 heavy (non-hydrogen) atoms. The number of cyclic esters (lactones) is 2. The van der Waals surface area contributed by atoms with Crippen LogP contribution in [0, 0.1) is 18.8 Å². The van der Waals surface area contributed by atoms with E-state index >= 15 is 0 Å². The standard InChI is InChI=1S/C33H36N2O11S/c1-19(2)31(37)45-28-21(4)44-33(39)25(18-43-32(38)24(28)17-22-9-7-6-8-10-22)35-30(36)27-29(26(42-5)15-16-34-27)46-47(40,41)23-13-11-20(3)12-14-23/h6-16,19,21,24-25,28H,17-18H2,1-5H3,(H,35,36). The van der Waals surface area contributed by atoms with E-state index in [9.17, 15) is 27.6 Å². The maximum atomic E-state index is 13.5. The minimum absolute atomic E-state index is 0.110. The highest BCUT2D eigenvalue weighted by Gasteiger charge is 2.42. The summed E-state index contributed by atoms with van der Waals surface area (Å²) in [5.74, 6) is -5.68. The molecule has 1 fully saturated rings. The van der Waals surface area contributed by atoms with Gasteiger partial charge in [0.2, 0.25) is 5.75 Å². The zero-order valence-corrected chi connectivity index (χ0v) is 27.3. The van der Waals surface area contributed by atoms with Crippen LogP contribution in [0.15, 0.2) is 71.8 Å². The normalized spacial score (nSPS) is 20.1. The smallest absolute Gasteiger partial charge is 0.339 e. The van der Waals surface area contributed by atoms with Gasteiger partial charge in [-0.3, -0.25) is 14.4 Å². The Hall–Kier alpha value is -4.98. The van der Waals surface area contributed by atoms with Crippen LogP contribution in [0.5, 0.6) is 11.5 Å². The molecular weight excluding hydrogens is 632 g/mol. The molecule has 1 saturated heterocycles. The van der Waals surface area contributed by atoms with Crippen molar-refractivity contribution in [3.63, 3.8) is 0 Å². The summed E-state index contributed by atoms with van der Waals surface area (Å²) in [4.78, 5) is 56.8. The van der Waals surface area contributed by atoms with Gasteiger partial charge in [-0.05, 0) is 38.0 Å². The lowest BCUT2D eigenvalue weighted by molar-refractivity contribution is -0.176. The number of aromatic nitrogens is 1. The molecule has 1 amide bonds. The van der Waals surface area contributed by atoms with Crippen molar-refractivity contribution < 1.29 is 50.7 Å². The van der Waals surface area contributed by atoms with E-state index in [4.69, 9.17) is 23.1 Å². The van der Waals surface area contributed by atoms with Gasteiger partial charge >= 0.3 is 28.0 Å². The van der Waals surface area contributed by atoms with Crippen molar-refractivity contribution >= 4 is 33.9 Å². The Morgan fingerprint density at radius 2 is 1.70 bits per heavy atom. The molecule has 14 heteroatoms. The molecule has 1 N–H and O–H groups in total. The number of nitrogens with one attached hydrogen (secondary N) is 1. The highest BCUT2D eigenvalue weighted by Crippen LogP contribution is 2.33. The minimum Gasteiger partial charge on any atom is -0.493 e. The Kier molecular flexibility index (Phi) is 11.2. The molecule has 0 radical (unpaired) electrons. The van der Waals surface area contributed by atoms with Gasteiger partial charge in [0.25, 0.3) is 5.91 Å². The van der Waals surface area contributed by atoms with Crippen molar-refractivity contribution in [3.05, 3.63) is 83.7 Å². The Labute approximate surface area is 272 Å². The van der Waals surface area contributed by atoms with Gasteiger partial charge in [-0.25, -0.2) is 9.78 Å². The Morgan fingerprint density at radius 3 is 2.34 bits per heavy atom. The van der Waals surface area contributed by atoms with Crippen LogP contribution in [0.2, 0.25) is 0 Å². The fraction of sp³-hybridized carbons (Fsp3) is 0.364. The fourth-order valence-corrected chi connectivity index (χ4v) is 5.62. The van der Waals surface area contributed by atoms with E-state index in [-0.39, 0.29) is 17.1 Å². The molecule has 1 aromatic heterocycles. The first-order chi connectivity index (χ1) is 22.3. The number of methoxy groups -OCH3 is 1. The SMILES string of the molecule is COc1ccnc(C(=O)NC2COC(=O)C(Cc3ccccc3)C(OC(=O)C(C)C)C(C)OC2=O)c1OS(=O)(=O)c1ccc(C)cc1. The third-order valence-corrected chi connectivity index (χ3v) is 8.51. The highest BCUT2D eigenvalue weighted by atomic mass is 32.2. The molecule has 0 aliphatic carbocycles. The van der Waals surface area contributed by atoms with Crippen molar-refractivity contribution in [1.82, 2.24) is 10.3 Å². The van der Waals surface area contributed by atoms with E-state index in [1.54, 1.807) is 57.2 Å². The van der Waals surface area contributed by atoms with Gasteiger partial charge in [-0.15, -0.1) is 0 Å². The second-order valence-electron chi connectivity index (χ2n) is 11.2. The Bertz CT molecular complexity index is 1710. The molecule has 13 nitrogen and oxygen atoms in total. The molecule has 0 saturated carbocycles. The molecule has 0 spiro atoms. The van der Waals surface area contributed by atoms with Crippen molar-refractivity contribution in [2.24, 2.45) is 11.8 Å². The average molecular weight is 669 g/mol. The zero-order chi connectivity index (χ0) is 34.3. The molecule has 2 heterocycles. The van der Waals surface area contributed by atoms with Gasteiger partial charge in [0.05, 0.1) is 13.0 Å². The minimum atomic E-state index is -4.45. The van der Waals surface area contributed by atoms with Crippen LogP contribution < -0.4 is 14.2 Å². The van der Waals surface area contributed by atoms with Crippen LogP contribution >= 0.6 is 0 Å². The number of pyridine rings is 1. The maximum absolute atomic E-state index is 13.5. The van der Waals surface area contributed by atoms with Gasteiger partial charge in [-0.1, -0.05) is 61.9 Å². The first-order valence-corrected chi connectivity index (χ1v) is 16.2. The van der Waals surface area contributed by atoms with Gasteiger partial charge in [-0.2, -0.15) is 8.42 Å². The number of ether oxygens (including phenoxy) is 4. The summed E-state index contributed by atoms with van der Waals surface area (Å²) in [7, 11) is -3.21. The van der Waals surface area contributed by atoms with Crippen LogP contribution in [0.1, 0.15) is 42.4 Å². The average Bonchev–Trinajstić information content (AvgIpc) is 3.07. The number of carbonyl (C=O) groups excluding carboxylic acids is 4. The van der Waals surface area contributed by atoms with Crippen molar-refractivity contribution in [2.75, 3.05) is 13.7 Å². The van der Waals surface area contributed by atoms with E-state index < -0.39 is 82.1 Å². The van der Waals surface area contributed by atoms with Crippen LogP contribution in [0.3, 0.4) is 0 Å². The van der Waals surface area contributed by atoms with Crippen LogP contribution in [0.25, 0.3) is 0 Å². The second-order valence-corrected chi connectivity index (χ2v) is 12.7. The number of hydrogen-bond donors (Lipinski definition) is 1. The summed E-state index contributed by atoms with van der Waals surface area (Å²) < 4.78 is 53.6. The number of nitrogens with zero attached hydrogens (tertiary/aromatic N) is 1. The molecular formula is C33H36N2O11S. The summed E-state index contributed by atoms with van der Waals surface area (Å²) >= 11 is 0. The number of rotatable bonds is 10. The maximum Gasteiger partial charge on any atom is 0.339 e. The largest absolute Gasteiger partial charge is 0.493 e. The number of carbonyl (C=O) groups is 4. The van der Waals surface area contributed by atoms with E-state index in [0.29, 0.717) is 0 Å². The molecule has 4 atom stereocenters. The topological polar surface area (TPSA) is 173 Å². The molecule has 0 bridgehead atoms. The number of esters is 3. The molecule has 1 aliphatic rings. The van der Waals surface area contributed by atoms with Gasteiger partial charge in [0.15, 0.2) is 23.6 Å². The van der Waals surface area contributed by atoms with Crippen molar-refractivity contribution in [3.8, 4) is 11.5 Å². The lowest BCUT2D eigenvalue weighted by Crippen LogP contribution is -2.47.